The predicted molar refractivity (Wildman–Crippen MR) is 110 cm³/mol. The molecule has 2 aliphatic heterocycles. The van der Waals surface area contributed by atoms with Crippen molar-refractivity contribution >= 4 is 5.97 Å². The molecule has 2 unspecified atom stereocenters. The topological polar surface area (TPSA) is 66.8 Å². The lowest BCUT2D eigenvalue weighted by atomic mass is 9.77. The van der Waals surface area contributed by atoms with Crippen molar-refractivity contribution in [2.75, 3.05) is 0 Å². The third-order valence-electron chi connectivity index (χ3n) is 6.19. The van der Waals surface area contributed by atoms with Gasteiger partial charge in [0.05, 0.1) is 18.3 Å². The second kappa shape index (κ2) is 10.0. The number of carboxylic acid groups (broad SMARTS) is 1. The molecule has 0 spiro atoms. The first kappa shape index (κ1) is 20.8. The van der Waals surface area contributed by atoms with Gasteiger partial charge in [-0.1, -0.05) is 61.6 Å². The van der Waals surface area contributed by atoms with Crippen LogP contribution in [0.5, 0.6) is 0 Å². The van der Waals surface area contributed by atoms with E-state index in [-0.39, 0.29) is 18.4 Å². The van der Waals surface area contributed by atoms with Crippen LogP contribution in [-0.4, -0.2) is 34.5 Å². The van der Waals surface area contributed by atoms with Gasteiger partial charge in [0.25, 0.3) is 0 Å². The smallest absolute Gasteiger partial charge is 0.303 e. The summed E-state index contributed by atoms with van der Waals surface area (Å²) in [6.07, 6.45) is 13.4. The third-order valence-corrected chi connectivity index (χ3v) is 6.19. The Labute approximate surface area is 167 Å². The van der Waals surface area contributed by atoms with Gasteiger partial charge < -0.3 is 14.9 Å². The van der Waals surface area contributed by atoms with E-state index in [0.29, 0.717) is 24.4 Å². The number of rotatable bonds is 10. The van der Waals surface area contributed by atoms with E-state index in [2.05, 4.69) is 37.3 Å². The summed E-state index contributed by atoms with van der Waals surface area (Å²) in [4.78, 5) is 10.6. The molecule has 2 fully saturated rings. The Morgan fingerprint density at radius 2 is 1.96 bits per heavy atom. The highest BCUT2D eigenvalue weighted by Gasteiger charge is 2.46. The number of hydrogen-bond donors (Lipinski definition) is 2. The number of unbranched alkanes of at least 4 members (excludes halogenated alkanes) is 1. The summed E-state index contributed by atoms with van der Waals surface area (Å²) in [6, 6.07) is 10.1. The lowest BCUT2D eigenvalue weighted by molar-refractivity contribution is -0.137. The summed E-state index contributed by atoms with van der Waals surface area (Å²) in [5, 5.41) is 19.3. The number of aliphatic hydroxyl groups excluding tert-OH is 1. The van der Waals surface area contributed by atoms with Crippen LogP contribution in [0.15, 0.2) is 54.6 Å². The first-order valence-corrected chi connectivity index (χ1v) is 10.5. The number of hydrogen-bond acceptors (Lipinski definition) is 3. The lowest BCUT2D eigenvalue weighted by Gasteiger charge is -2.25. The van der Waals surface area contributed by atoms with Gasteiger partial charge in [0.2, 0.25) is 0 Å². The van der Waals surface area contributed by atoms with Crippen LogP contribution >= 0.6 is 0 Å². The molecule has 2 N–H and O–H groups in total. The fourth-order valence-electron chi connectivity index (χ4n) is 4.49. The van der Waals surface area contributed by atoms with E-state index in [9.17, 15) is 9.90 Å². The molecule has 0 aliphatic carbocycles. The van der Waals surface area contributed by atoms with Crippen molar-refractivity contribution in [1.82, 2.24) is 0 Å². The van der Waals surface area contributed by atoms with Gasteiger partial charge in [0, 0.05) is 18.3 Å². The zero-order valence-corrected chi connectivity index (χ0v) is 16.6. The highest BCUT2D eigenvalue weighted by Crippen LogP contribution is 2.46. The molecule has 2 heterocycles. The average molecular weight is 385 g/mol. The molecule has 6 atom stereocenters. The first-order chi connectivity index (χ1) is 13.6. The molecule has 0 aromatic heterocycles. The molecule has 0 radical (unpaired) electrons. The van der Waals surface area contributed by atoms with E-state index < -0.39 is 12.1 Å². The summed E-state index contributed by atoms with van der Waals surface area (Å²) in [5.74, 6) is 0.123. The van der Waals surface area contributed by atoms with Crippen molar-refractivity contribution < 1.29 is 19.7 Å². The van der Waals surface area contributed by atoms with Crippen molar-refractivity contribution in [1.29, 1.82) is 0 Å². The number of fused-ring (bicyclic) bond motifs is 2. The molecule has 4 heteroatoms. The minimum Gasteiger partial charge on any atom is -0.481 e. The zero-order valence-electron chi connectivity index (χ0n) is 16.6. The molecular weight excluding hydrogens is 352 g/mol. The number of allylic oxidation sites excluding steroid dienone is 2. The molecular formula is C24H32O4. The minimum absolute atomic E-state index is 0.0598. The summed E-state index contributed by atoms with van der Waals surface area (Å²) < 4.78 is 6.14. The average Bonchev–Trinajstić information content (AvgIpc) is 3.30. The fraction of sp³-hybridized carbons (Fsp3) is 0.542. The van der Waals surface area contributed by atoms with Crippen molar-refractivity contribution in [2.45, 2.75) is 69.7 Å². The van der Waals surface area contributed by atoms with Crippen molar-refractivity contribution in [3.05, 3.63) is 60.2 Å². The zero-order chi connectivity index (χ0) is 19.9. The van der Waals surface area contributed by atoms with Gasteiger partial charge in [-0.25, -0.2) is 0 Å². The summed E-state index contributed by atoms with van der Waals surface area (Å²) in [7, 11) is 0. The van der Waals surface area contributed by atoms with Crippen LogP contribution in [-0.2, 0) is 9.53 Å². The Bertz CT molecular complexity index is 681. The van der Waals surface area contributed by atoms with Gasteiger partial charge in [-0.3, -0.25) is 4.79 Å². The van der Waals surface area contributed by atoms with E-state index in [0.717, 1.165) is 31.2 Å². The molecule has 2 bridgehead atoms. The largest absolute Gasteiger partial charge is 0.481 e. The quantitative estimate of drug-likeness (QED) is 0.453. The second-order valence-electron chi connectivity index (χ2n) is 8.10. The van der Waals surface area contributed by atoms with Crippen LogP contribution in [0.4, 0.5) is 0 Å². The van der Waals surface area contributed by atoms with Crippen LogP contribution in [0.1, 0.15) is 56.9 Å². The molecule has 1 aromatic rings. The fourth-order valence-corrected chi connectivity index (χ4v) is 4.49. The summed E-state index contributed by atoms with van der Waals surface area (Å²) in [6.45, 7) is 2.05. The maximum absolute atomic E-state index is 10.6. The van der Waals surface area contributed by atoms with Gasteiger partial charge in [0.15, 0.2) is 0 Å². The van der Waals surface area contributed by atoms with Crippen molar-refractivity contribution in [2.24, 2.45) is 11.8 Å². The summed E-state index contributed by atoms with van der Waals surface area (Å²) >= 11 is 0. The molecule has 1 aromatic carbocycles. The monoisotopic (exact) mass is 384 g/mol. The Morgan fingerprint density at radius 3 is 2.71 bits per heavy atom. The van der Waals surface area contributed by atoms with Gasteiger partial charge in [0.1, 0.15) is 0 Å². The van der Waals surface area contributed by atoms with Gasteiger partial charge >= 0.3 is 5.97 Å². The summed E-state index contributed by atoms with van der Waals surface area (Å²) in [5.41, 5.74) is 1.14. The molecule has 0 amide bonds. The molecule has 2 aliphatic rings. The van der Waals surface area contributed by atoms with Crippen molar-refractivity contribution in [3.8, 4) is 0 Å². The number of carbonyl (C=O) groups is 1. The van der Waals surface area contributed by atoms with Crippen LogP contribution in [0.25, 0.3) is 0 Å². The highest BCUT2D eigenvalue weighted by molar-refractivity contribution is 5.66. The highest BCUT2D eigenvalue weighted by atomic mass is 16.5. The maximum atomic E-state index is 10.6. The second-order valence-corrected chi connectivity index (χ2v) is 8.10. The van der Waals surface area contributed by atoms with Crippen molar-refractivity contribution in [3.63, 3.8) is 0 Å². The van der Waals surface area contributed by atoms with E-state index in [4.69, 9.17) is 9.84 Å². The molecule has 0 saturated carbocycles. The van der Waals surface area contributed by atoms with E-state index in [1.165, 1.54) is 0 Å². The Kier molecular flexibility index (Phi) is 7.46. The lowest BCUT2D eigenvalue weighted by Crippen LogP contribution is -2.26. The van der Waals surface area contributed by atoms with Gasteiger partial charge in [-0.15, -0.1) is 0 Å². The van der Waals surface area contributed by atoms with Gasteiger partial charge in [-0.05, 0) is 43.6 Å². The van der Waals surface area contributed by atoms with Crippen LogP contribution in [0, 0.1) is 11.8 Å². The number of carboxylic acids is 1. The van der Waals surface area contributed by atoms with Crippen LogP contribution in [0.3, 0.4) is 0 Å². The molecule has 152 valence electrons. The Hall–Kier alpha value is -1.91. The predicted octanol–water partition coefficient (Wildman–Crippen LogP) is 4.70. The standard InChI is InChI=1S/C24H32O4/c1-17(18-9-5-4-6-10-18)21(25)14-13-20-19(22-15-16-23(20)28-22)11-7-2-3-8-12-24(26)27/h2,4-7,9-10,13-14,17,19-23,25H,3,8,11-12,15-16H2,1H3,(H,26,27)/b7-2-,14-13+/t17?,19-,20-,21?,22+,23-/m0/s1. The van der Waals surface area contributed by atoms with Gasteiger partial charge in [-0.2, -0.15) is 0 Å². The SMILES string of the molecule is CC(c1ccccc1)C(O)/C=C/[C@H]1[C@H](C/C=C\CCCC(=O)O)[C@H]2CC[C@@H]1O2. The first-order valence-electron chi connectivity index (χ1n) is 10.5. The van der Waals surface area contributed by atoms with E-state index in [1.807, 2.05) is 24.3 Å². The molecule has 3 rings (SSSR count). The third kappa shape index (κ3) is 5.33. The molecule has 4 nitrogen and oxygen atoms in total. The Balaban J connectivity index is 1.54. The molecule has 2 saturated heterocycles. The number of aliphatic carboxylic acids is 1. The molecule has 28 heavy (non-hydrogen) atoms. The van der Waals surface area contributed by atoms with E-state index in [1.54, 1.807) is 0 Å². The number of aliphatic hydroxyl groups is 1. The Morgan fingerprint density at radius 1 is 1.21 bits per heavy atom. The van der Waals surface area contributed by atoms with E-state index >= 15 is 0 Å². The van der Waals surface area contributed by atoms with Crippen LogP contribution in [0.2, 0.25) is 0 Å². The number of benzene rings is 1. The number of ether oxygens (including phenoxy) is 1. The maximum Gasteiger partial charge on any atom is 0.303 e. The van der Waals surface area contributed by atoms with Crippen LogP contribution < -0.4 is 0 Å². The minimum atomic E-state index is -0.733. The normalized spacial score (nSPS) is 28.9.